The molecular weight excluding hydrogens is 272 g/mol. The number of aromatic nitrogens is 2. The second-order valence-electron chi connectivity index (χ2n) is 6.36. The molecule has 1 aromatic heterocycles. The number of urea groups is 1. The zero-order valence-electron chi connectivity index (χ0n) is 12.7. The highest BCUT2D eigenvalue weighted by Gasteiger charge is 2.45. The smallest absolute Gasteiger partial charge is 0.332 e. The molecule has 2 amide bonds. The van der Waals surface area contributed by atoms with Crippen molar-refractivity contribution >= 4 is 17.7 Å². The molecule has 0 radical (unpaired) electrons. The molecule has 1 aromatic rings. The van der Waals surface area contributed by atoms with Crippen LogP contribution in [0, 0.1) is 0 Å². The van der Waals surface area contributed by atoms with Gasteiger partial charge >= 0.3 is 12.0 Å². The number of H-pyrrole nitrogens is 1. The first-order valence-corrected chi connectivity index (χ1v) is 7.12. The molecule has 2 rings (SSSR count). The fourth-order valence-electron chi connectivity index (χ4n) is 2.43. The van der Waals surface area contributed by atoms with E-state index in [1.54, 1.807) is 6.20 Å². The topological polar surface area (TPSA) is 96.1 Å². The molecule has 21 heavy (non-hydrogen) atoms. The zero-order chi connectivity index (χ0) is 15.5. The summed E-state index contributed by atoms with van der Waals surface area (Å²) in [5.74, 6) is -0.366. The Morgan fingerprint density at radius 1 is 1.33 bits per heavy atom. The van der Waals surface area contributed by atoms with Crippen LogP contribution in [0.5, 0.6) is 0 Å². The van der Waals surface area contributed by atoms with Crippen molar-refractivity contribution in [1.82, 2.24) is 15.5 Å². The van der Waals surface area contributed by atoms with Gasteiger partial charge < -0.3 is 15.4 Å². The summed E-state index contributed by atoms with van der Waals surface area (Å²) in [5, 5.41) is 11.8. The Morgan fingerprint density at radius 2 is 2.00 bits per heavy atom. The van der Waals surface area contributed by atoms with E-state index in [-0.39, 0.29) is 5.97 Å². The van der Waals surface area contributed by atoms with Gasteiger partial charge in [0.25, 0.3) is 0 Å². The van der Waals surface area contributed by atoms with E-state index in [0.29, 0.717) is 18.5 Å². The molecule has 3 N–H and O–H groups in total. The molecule has 116 valence electrons. The zero-order valence-corrected chi connectivity index (χ0v) is 12.7. The Morgan fingerprint density at radius 3 is 2.52 bits per heavy atom. The molecule has 0 saturated heterocycles. The number of ether oxygens (including phenoxy) is 1. The van der Waals surface area contributed by atoms with Crippen molar-refractivity contribution in [2.75, 3.05) is 5.32 Å². The van der Waals surface area contributed by atoms with E-state index in [4.69, 9.17) is 4.74 Å². The van der Waals surface area contributed by atoms with Crippen LogP contribution in [0.1, 0.15) is 46.5 Å². The summed E-state index contributed by atoms with van der Waals surface area (Å²) in [5.41, 5.74) is -0.957. The van der Waals surface area contributed by atoms with Gasteiger partial charge in [0, 0.05) is 6.20 Å². The molecule has 0 atom stereocenters. The lowest BCUT2D eigenvalue weighted by Gasteiger charge is -2.31. The van der Waals surface area contributed by atoms with Crippen LogP contribution in [-0.4, -0.2) is 33.3 Å². The van der Waals surface area contributed by atoms with Gasteiger partial charge in [-0.2, -0.15) is 5.10 Å². The van der Waals surface area contributed by atoms with Gasteiger partial charge in [0.1, 0.15) is 11.1 Å². The van der Waals surface area contributed by atoms with Crippen LogP contribution in [0.15, 0.2) is 12.4 Å². The molecule has 0 unspecified atom stereocenters. The second kappa shape index (κ2) is 5.75. The number of aromatic amines is 1. The maximum atomic E-state index is 12.4. The number of hydrogen-bond acceptors (Lipinski definition) is 4. The highest BCUT2D eigenvalue weighted by Crippen LogP contribution is 2.32. The first-order chi connectivity index (χ1) is 9.81. The fourth-order valence-corrected chi connectivity index (χ4v) is 2.43. The summed E-state index contributed by atoms with van der Waals surface area (Å²) >= 11 is 0. The van der Waals surface area contributed by atoms with Crippen molar-refractivity contribution in [2.24, 2.45) is 0 Å². The van der Waals surface area contributed by atoms with E-state index in [9.17, 15) is 9.59 Å². The van der Waals surface area contributed by atoms with Crippen molar-refractivity contribution < 1.29 is 14.3 Å². The molecule has 0 bridgehead atoms. The molecule has 0 aromatic carbocycles. The Bertz CT molecular complexity index is 499. The number of nitrogens with zero attached hydrogens (tertiary/aromatic N) is 1. The number of nitrogens with one attached hydrogen (secondary N) is 3. The van der Waals surface area contributed by atoms with Crippen LogP contribution in [0.25, 0.3) is 0 Å². The lowest BCUT2D eigenvalue weighted by molar-refractivity contribution is -0.162. The predicted molar refractivity (Wildman–Crippen MR) is 77.8 cm³/mol. The number of hydrogen-bond donors (Lipinski definition) is 3. The third-order valence-electron chi connectivity index (χ3n) is 3.36. The van der Waals surface area contributed by atoms with Crippen molar-refractivity contribution in [1.29, 1.82) is 0 Å². The summed E-state index contributed by atoms with van der Waals surface area (Å²) in [7, 11) is 0. The Kier molecular flexibility index (Phi) is 4.20. The monoisotopic (exact) mass is 294 g/mol. The van der Waals surface area contributed by atoms with Crippen molar-refractivity contribution in [3.63, 3.8) is 0 Å². The van der Waals surface area contributed by atoms with Crippen molar-refractivity contribution in [3.05, 3.63) is 12.4 Å². The van der Waals surface area contributed by atoms with Crippen LogP contribution < -0.4 is 10.6 Å². The maximum Gasteiger partial charge on any atom is 0.332 e. The van der Waals surface area contributed by atoms with Crippen LogP contribution in [0.2, 0.25) is 0 Å². The highest BCUT2D eigenvalue weighted by molar-refractivity contribution is 5.94. The number of carbonyl (C=O) groups excluding carboxylic acids is 2. The molecule has 1 aliphatic carbocycles. The molecule has 7 heteroatoms. The summed E-state index contributed by atoms with van der Waals surface area (Å²) in [6.07, 6.45) is 6.04. The van der Waals surface area contributed by atoms with Crippen LogP contribution >= 0.6 is 0 Å². The molecule has 0 spiro atoms. The molecule has 0 aliphatic heterocycles. The standard InChI is InChI=1S/C14H22N4O3/c1-13(2,3)21-11(19)14(6-4-5-7-14)18-12(20)17-10-8-15-16-9-10/h8-9H,4-7H2,1-3H3,(H,15,16)(H2,17,18,20). The summed E-state index contributed by atoms with van der Waals surface area (Å²) in [4.78, 5) is 24.5. The molecule has 1 fully saturated rings. The van der Waals surface area contributed by atoms with E-state index < -0.39 is 17.2 Å². The molecule has 1 aliphatic rings. The molecular formula is C14H22N4O3. The van der Waals surface area contributed by atoms with Crippen LogP contribution in [0.4, 0.5) is 10.5 Å². The number of rotatable bonds is 3. The average Bonchev–Trinajstić information content (AvgIpc) is 2.98. The number of amides is 2. The normalized spacial score (nSPS) is 17.3. The minimum atomic E-state index is -0.929. The summed E-state index contributed by atoms with van der Waals surface area (Å²) in [6.45, 7) is 5.46. The number of esters is 1. The summed E-state index contributed by atoms with van der Waals surface area (Å²) in [6, 6.07) is -0.427. The van der Waals surface area contributed by atoms with Crippen molar-refractivity contribution in [2.45, 2.75) is 57.6 Å². The van der Waals surface area contributed by atoms with Gasteiger partial charge in [-0.1, -0.05) is 12.8 Å². The lowest BCUT2D eigenvalue weighted by atomic mass is 9.97. The van der Waals surface area contributed by atoms with Crippen molar-refractivity contribution in [3.8, 4) is 0 Å². The first-order valence-electron chi connectivity index (χ1n) is 7.12. The van der Waals surface area contributed by atoms with Gasteiger partial charge in [-0.15, -0.1) is 0 Å². The van der Waals surface area contributed by atoms with E-state index in [0.717, 1.165) is 12.8 Å². The van der Waals surface area contributed by atoms with E-state index in [1.807, 2.05) is 20.8 Å². The number of carbonyl (C=O) groups is 2. The first kappa shape index (κ1) is 15.3. The largest absolute Gasteiger partial charge is 0.458 e. The second-order valence-corrected chi connectivity index (χ2v) is 6.36. The maximum absolute atomic E-state index is 12.4. The van der Waals surface area contributed by atoms with Gasteiger partial charge in [0.15, 0.2) is 0 Å². The van der Waals surface area contributed by atoms with Crippen LogP contribution in [0.3, 0.4) is 0 Å². The summed E-state index contributed by atoms with van der Waals surface area (Å²) < 4.78 is 5.46. The molecule has 7 nitrogen and oxygen atoms in total. The fraction of sp³-hybridized carbons (Fsp3) is 0.643. The van der Waals surface area contributed by atoms with E-state index >= 15 is 0 Å². The minimum absolute atomic E-state index is 0.366. The quantitative estimate of drug-likeness (QED) is 0.744. The lowest BCUT2D eigenvalue weighted by Crippen LogP contribution is -2.55. The minimum Gasteiger partial charge on any atom is -0.458 e. The predicted octanol–water partition coefficient (Wildman–Crippen LogP) is 2.19. The van der Waals surface area contributed by atoms with E-state index in [1.165, 1.54) is 6.20 Å². The third-order valence-corrected chi connectivity index (χ3v) is 3.36. The van der Waals surface area contributed by atoms with Gasteiger partial charge in [-0.3, -0.25) is 5.10 Å². The third kappa shape index (κ3) is 3.96. The van der Waals surface area contributed by atoms with Gasteiger partial charge in [0.05, 0.1) is 11.9 Å². The number of anilines is 1. The SMILES string of the molecule is CC(C)(C)OC(=O)C1(NC(=O)Nc2cn[nH]c2)CCCC1. The molecule has 1 heterocycles. The van der Waals surface area contributed by atoms with E-state index in [2.05, 4.69) is 20.8 Å². The highest BCUT2D eigenvalue weighted by atomic mass is 16.6. The molecule has 1 saturated carbocycles. The Balaban J connectivity index is 2.04. The van der Waals surface area contributed by atoms with Crippen LogP contribution in [-0.2, 0) is 9.53 Å². The Hall–Kier alpha value is -2.05. The van der Waals surface area contributed by atoms with Gasteiger partial charge in [0.2, 0.25) is 0 Å². The van der Waals surface area contributed by atoms with Gasteiger partial charge in [-0.25, -0.2) is 9.59 Å². The average molecular weight is 294 g/mol. The Labute approximate surface area is 123 Å². The van der Waals surface area contributed by atoms with Gasteiger partial charge in [-0.05, 0) is 33.6 Å².